The van der Waals surface area contributed by atoms with Gasteiger partial charge in [0.05, 0.1) is 10.4 Å². The van der Waals surface area contributed by atoms with Crippen LogP contribution in [0.4, 0.5) is 0 Å². The van der Waals surface area contributed by atoms with E-state index in [4.69, 9.17) is 40.5 Å². The first-order chi connectivity index (χ1) is 7.99. The zero-order valence-electron chi connectivity index (χ0n) is 9.01. The van der Waals surface area contributed by atoms with E-state index >= 15 is 0 Å². The van der Waals surface area contributed by atoms with Gasteiger partial charge in [0, 0.05) is 14.9 Å². The molecule has 1 atom stereocenters. The van der Waals surface area contributed by atoms with Crippen LogP contribution in [0.2, 0.25) is 14.4 Å². The van der Waals surface area contributed by atoms with Crippen molar-refractivity contribution in [3.05, 3.63) is 54.7 Å². The molecule has 1 aromatic carbocycles. The largest absolute Gasteiger partial charge is 0.320 e. The molecule has 1 unspecified atom stereocenters. The third-order valence-electron chi connectivity index (χ3n) is 2.48. The molecule has 5 heteroatoms. The summed E-state index contributed by atoms with van der Waals surface area (Å²) < 4.78 is 0.758. The molecule has 2 rings (SSSR count). The highest BCUT2D eigenvalue weighted by atomic mass is 35.5. The molecule has 1 nitrogen and oxygen atoms in total. The highest BCUT2D eigenvalue weighted by Crippen LogP contribution is 2.35. The van der Waals surface area contributed by atoms with Crippen molar-refractivity contribution < 1.29 is 0 Å². The lowest BCUT2D eigenvalue weighted by molar-refractivity contribution is 0.893. The van der Waals surface area contributed by atoms with Crippen LogP contribution in [0.15, 0.2) is 24.3 Å². The maximum Gasteiger partial charge on any atom is 0.0961 e. The SMILES string of the molecule is Cc1cc(C(N)c2cc(Cl)ccc2Cl)sc1Cl. The number of benzene rings is 1. The number of nitrogens with two attached hydrogens (primary N) is 1. The predicted molar refractivity (Wildman–Crippen MR) is 76.6 cm³/mol. The number of thiophene rings is 1. The van der Waals surface area contributed by atoms with Crippen LogP contribution >= 0.6 is 46.1 Å². The van der Waals surface area contributed by atoms with Crippen LogP contribution in [-0.4, -0.2) is 0 Å². The van der Waals surface area contributed by atoms with Crippen LogP contribution in [-0.2, 0) is 0 Å². The second-order valence-electron chi connectivity index (χ2n) is 3.75. The summed E-state index contributed by atoms with van der Waals surface area (Å²) in [5.41, 5.74) is 8.02. The van der Waals surface area contributed by atoms with Gasteiger partial charge in [-0.05, 0) is 42.3 Å². The Morgan fingerprint density at radius 1 is 1.18 bits per heavy atom. The molecule has 0 aliphatic carbocycles. The first-order valence-electron chi connectivity index (χ1n) is 4.95. The van der Waals surface area contributed by atoms with Crippen LogP contribution in [0, 0.1) is 6.92 Å². The molecule has 0 fully saturated rings. The standard InChI is InChI=1S/C12H10Cl3NS/c1-6-4-10(17-12(6)15)11(16)8-5-7(13)2-3-9(8)14/h2-5,11H,16H2,1H3. The van der Waals surface area contributed by atoms with Gasteiger partial charge in [-0.2, -0.15) is 0 Å². The van der Waals surface area contributed by atoms with Gasteiger partial charge in [-0.1, -0.05) is 34.8 Å². The lowest BCUT2D eigenvalue weighted by Gasteiger charge is -2.12. The van der Waals surface area contributed by atoms with Gasteiger partial charge in [0.1, 0.15) is 0 Å². The Labute approximate surface area is 119 Å². The van der Waals surface area contributed by atoms with E-state index in [1.165, 1.54) is 11.3 Å². The normalized spacial score (nSPS) is 12.8. The number of rotatable bonds is 2. The molecule has 0 radical (unpaired) electrons. The maximum absolute atomic E-state index is 6.18. The first kappa shape index (κ1) is 13.2. The van der Waals surface area contributed by atoms with Gasteiger partial charge in [0.15, 0.2) is 0 Å². The fourth-order valence-corrected chi connectivity index (χ4v) is 3.20. The van der Waals surface area contributed by atoms with E-state index in [9.17, 15) is 0 Å². The van der Waals surface area contributed by atoms with Crippen molar-refractivity contribution >= 4 is 46.1 Å². The molecule has 0 aliphatic heterocycles. The topological polar surface area (TPSA) is 26.0 Å². The van der Waals surface area contributed by atoms with E-state index < -0.39 is 0 Å². The summed E-state index contributed by atoms with van der Waals surface area (Å²) in [5.74, 6) is 0. The highest BCUT2D eigenvalue weighted by Gasteiger charge is 2.16. The number of aryl methyl sites for hydroxylation is 1. The zero-order chi connectivity index (χ0) is 12.6. The molecular weight excluding hydrogens is 297 g/mol. The van der Waals surface area contributed by atoms with Gasteiger partial charge in [-0.25, -0.2) is 0 Å². The summed E-state index contributed by atoms with van der Waals surface area (Å²) in [7, 11) is 0. The van der Waals surface area contributed by atoms with Crippen molar-refractivity contribution in [2.24, 2.45) is 5.73 Å². The Hall–Kier alpha value is -0.250. The van der Waals surface area contributed by atoms with Gasteiger partial charge in [-0.15, -0.1) is 11.3 Å². The second-order valence-corrected chi connectivity index (χ2v) is 6.28. The average Bonchev–Trinajstić information content (AvgIpc) is 2.62. The van der Waals surface area contributed by atoms with Gasteiger partial charge >= 0.3 is 0 Å². The zero-order valence-corrected chi connectivity index (χ0v) is 12.1. The molecule has 0 saturated heterocycles. The molecule has 2 aromatic rings. The lowest BCUT2D eigenvalue weighted by Crippen LogP contribution is -2.10. The van der Waals surface area contributed by atoms with Gasteiger partial charge in [-0.3, -0.25) is 0 Å². The van der Waals surface area contributed by atoms with Crippen LogP contribution in [0.1, 0.15) is 22.0 Å². The first-order valence-corrected chi connectivity index (χ1v) is 6.90. The number of hydrogen-bond acceptors (Lipinski definition) is 2. The van der Waals surface area contributed by atoms with Gasteiger partial charge in [0.2, 0.25) is 0 Å². The van der Waals surface area contributed by atoms with Crippen molar-refractivity contribution in [3.63, 3.8) is 0 Å². The summed E-state index contributed by atoms with van der Waals surface area (Å²) >= 11 is 19.6. The smallest absolute Gasteiger partial charge is 0.0961 e. The number of hydrogen-bond donors (Lipinski definition) is 1. The second kappa shape index (κ2) is 5.17. The molecule has 2 N–H and O–H groups in total. The van der Waals surface area contributed by atoms with E-state index in [0.717, 1.165) is 20.3 Å². The molecule has 0 aliphatic rings. The third-order valence-corrected chi connectivity index (χ3v) is 4.69. The number of halogens is 3. The van der Waals surface area contributed by atoms with E-state index in [0.29, 0.717) is 10.0 Å². The molecule has 0 saturated carbocycles. The van der Waals surface area contributed by atoms with E-state index in [1.54, 1.807) is 18.2 Å². The minimum atomic E-state index is -0.294. The highest BCUT2D eigenvalue weighted by molar-refractivity contribution is 7.16. The molecular formula is C12H10Cl3NS. The van der Waals surface area contributed by atoms with Gasteiger partial charge in [0.25, 0.3) is 0 Å². The van der Waals surface area contributed by atoms with E-state index in [2.05, 4.69) is 0 Å². The van der Waals surface area contributed by atoms with Crippen molar-refractivity contribution in [2.75, 3.05) is 0 Å². The minimum Gasteiger partial charge on any atom is -0.320 e. The van der Waals surface area contributed by atoms with Crippen molar-refractivity contribution in [2.45, 2.75) is 13.0 Å². The Morgan fingerprint density at radius 3 is 2.47 bits per heavy atom. The fraction of sp³-hybridized carbons (Fsp3) is 0.167. The molecule has 0 bridgehead atoms. The summed E-state index contributed by atoms with van der Waals surface area (Å²) in [5, 5.41) is 1.24. The molecule has 1 aromatic heterocycles. The summed E-state index contributed by atoms with van der Waals surface area (Å²) in [4.78, 5) is 0.983. The predicted octanol–water partition coefficient (Wildman–Crippen LogP) is 5.06. The molecule has 0 spiro atoms. The Bertz CT molecular complexity index is 531. The fourth-order valence-electron chi connectivity index (χ4n) is 1.54. The van der Waals surface area contributed by atoms with Crippen molar-refractivity contribution in [1.82, 2.24) is 0 Å². The molecule has 1 heterocycles. The summed E-state index contributed by atoms with van der Waals surface area (Å²) in [6, 6.07) is 6.97. The van der Waals surface area contributed by atoms with Crippen LogP contribution < -0.4 is 5.73 Å². The molecule has 90 valence electrons. The van der Waals surface area contributed by atoms with E-state index in [1.807, 2.05) is 13.0 Å². The minimum absolute atomic E-state index is 0.294. The van der Waals surface area contributed by atoms with Crippen molar-refractivity contribution in [1.29, 1.82) is 0 Å². The van der Waals surface area contributed by atoms with E-state index in [-0.39, 0.29) is 6.04 Å². The third kappa shape index (κ3) is 2.78. The Morgan fingerprint density at radius 2 is 1.88 bits per heavy atom. The lowest BCUT2D eigenvalue weighted by atomic mass is 10.1. The molecule has 17 heavy (non-hydrogen) atoms. The van der Waals surface area contributed by atoms with Crippen molar-refractivity contribution in [3.8, 4) is 0 Å². The van der Waals surface area contributed by atoms with Crippen LogP contribution in [0.5, 0.6) is 0 Å². The molecule has 0 amide bonds. The maximum atomic E-state index is 6.18. The summed E-state index contributed by atoms with van der Waals surface area (Å²) in [6.07, 6.45) is 0. The Balaban J connectivity index is 2.42. The quantitative estimate of drug-likeness (QED) is 0.824. The van der Waals surface area contributed by atoms with Gasteiger partial charge < -0.3 is 5.73 Å². The monoisotopic (exact) mass is 305 g/mol. The summed E-state index contributed by atoms with van der Waals surface area (Å²) in [6.45, 7) is 1.95. The Kier molecular flexibility index (Phi) is 4.01. The van der Waals surface area contributed by atoms with Crippen LogP contribution in [0.25, 0.3) is 0 Å². The van der Waals surface area contributed by atoms with Crippen LogP contribution in [0.3, 0.4) is 0 Å². The average molecular weight is 307 g/mol.